The number of carbonyl (C=O) groups is 1. The number of benzene rings is 1. The maximum absolute atomic E-state index is 13.5. The Morgan fingerprint density at radius 3 is 2.68 bits per heavy atom. The molecular weight excluding hydrogens is 301 g/mol. The van der Waals surface area contributed by atoms with E-state index in [1.54, 1.807) is 0 Å². The van der Waals surface area contributed by atoms with Gasteiger partial charge in [-0.1, -0.05) is 0 Å². The molecule has 2 amide bonds. The van der Waals surface area contributed by atoms with E-state index in [-0.39, 0.29) is 19.5 Å². The predicted molar refractivity (Wildman–Crippen MR) is 72.8 cm³/mol. The third kappa shape index (κ3) is 3.69. The van der Waals surface area contributed by atoms with Gasteiger partial charge in [-0.25, -0.2) is 18.0 Å². The molecule has 0 saturated carbocycles. The van der Waals surface area contributed by atoms with E-state index in [0.717, 1.165) is 0 Å². The first-order valence-electron chi connectivity index (χ1n) is 6.88. The predicted octanol–water partition coefficient (Wildman–Crippen LogP) is 1.85. The second kappa shape index (κ2) is 6.53. The van der Waals surface area contributed by atoms with Crippen LogP contribution in [-0.4, -0.2) is 46.4 Å². The number of anilines is 1. The molecule has 1 fully saturated rings. The van der Waals surface area contributed by atoms with Crippen molar-refractivity contribution in [2.75, 3.05) is 25.0 Å². The van der Waals surface area contributed by atoms with Gasteiger partial charge in [-0.15, -0.1) is 0 Å². The molecule has 1 aliphatic rings. The summed E-state index contributed by atoms with van der Waals surface area (Å²) < 4.78 is 39.7. The molecule has 22 heavy (non-hydrogen) atoms. The Hall–Kier alpha value is -1.80. The summed E-state index contributed by atoms with van der Waals surface area (Å²) in [5.74, 6) is -3.73. The quantitative estimate of drug-likeness (QED) is 0.729. The Kier molecular flexibility index (Phi) is 4.92. The molecule has 8 heteroatoms. The first-order chi connectivity index (χ1) is 10.3. The van der Waals surface area contributed by atoms with Gasteiger partial charge in [0.1, 0.15) is 5.82 Å². The molecule has 0 radical (unpaired) electrons. The fourth-order valence-electron chi connectivity index (χ4n) is 2.38. The van der Waals surface area contributed by atoms with Crippen molar-refractivity contribution in [1.29, 1.82) is 0 Å². The number of aliphatic hydroxyl groups excluding tert-OH is 1. The van der Waals surface area contributed by atoms with Crippen LogP contribution >= 0.6 is 0 Å². The number of aliphatic hydroxyl groups is 2. The summed E-state index contributed by atoms with van der Waals surface area (Å²) in [6.45, 7) is 0.0159. The van der Waals surface area contributed by atoms with Gasteiger partial charge in [0, 0.05) is 25.2 Å². The van der Waals surface area contributed by atoms with Crippen LogP contribution in [0, 0.1) is 17.5 Å². The van der Waals surface area contributed by atoms with Crippen molar-refractivity contribution in [2.45, 2.75) is 24.9 Å². The van der Waals surface area contributed by atoms with Crippen LogP contribution in [0.5, 0.6) is 0 Å². The summed E-state index contributed by atoms with van der Waals surface area (Å²) in [4.78, 5) is 13.4. The smallest absolute Gasteiger partial charge is 0.321 e. The van der Waals surface area contributed by atoms with Gasteiger partial charge in [-0.3, -0.25) is 0 Å². The number of carbonyl (C=O) groups excluding carboxylic acids is 1. The number of amides is 2. The van der Waals surface area contributed by atoms with E-state index in [9.17, 15) is 23.1 Å². The van der Waals surface area contributed by atoms with Gasteiger partial charge in [-0.2, -0.15) is 0 Å². The first kappa shape index (κ1) is 16.6. The molecular formula is C14H17F3N2O3. The minimum Gasteiger partial charge on any atom is -0.393 e. The van der Waals surface area contributed by atoms with Crippen LogP contribution in [-0.2, 0) is 0 Å². The highest BCUT2D eigenvalue weighted by Gasteiger charge is 2.31. The van der Waals surface area contributed by atoms with Crippen molar-refractivity contribution in [1.82, 2.24) is 4.90 Å². The van der Waals surface area contributed by atoms with Crippen molar-refractivity contribution in [3.05, 3.63) is 29.6 Å². The van der Waals surface area contributed by atoms with Crippen molar-refractivity contribution < 1.29 is 28.2 Å². The van der Waals surface area contributed by atoms with Gasteiger partial charge in [0.05, 0.1) is 17.9 Å². The molecule has 0 aromatic heterocycles. The summed E-state index contributed by atoms with van der Waals surface area (Å²) in [5, 5.41) is 21.3. The molecule has 3 N–H and O–H groups in total. The van der Waals surface area contributed by atoms with Crippen molar-refractivity contribution in [3.63, 3.8) is 0 Å². The number of hydrogen-bond donors (Lipinski definition) is 3. The average molecular weight is 318 g/mol. The second-order valence-corrected chi connectivity index (χ2v) is 5.40. The maximum Gasteiger partial charge on any atom is 0.321 e. The zero-order valence-electron chi connectivity index (χ0n) is 11.8. The number of nitrogens with one attached hydrogen (secondary N) is 1. The summed E-state index contributed by atoms with van der Waals surface area (Å²) in [6, 6.07) is 0.363. The molecule has 1 aliphatic heterocycles. The Morgan fingerprint density at radius 1 is 1.27 bits per heavy atom. The highest BCUT2D eigenvalue weighted by Crippen LogP contribution is 2.23. The molecule has 1 aromatic rings. The molecule has 0 spiro atoms. The van der Waals surface area contributed by atoms with Crippen LogP contribution in [0.25, 0.3) is 0 Å². The first-order valence-corrected chi connectivity index (χ1v) is 6.88. The topological polar surface area (TPSA) is 72.8 Å². The standard InChI is InChI=1S/C14H17F3N2O3/c15-9-6-10(16)12(17)11(7-9)18-13(21)19-4-1-2-14(22,8-20)3-5-19/h6-7,20,22H,1-5,8H2,(H,18,21)/t14-/m0/s1. The number of nitrogens with zero attached hydrogens (tertiary/aromatic N) is 1. The molecule has 2 rings (SSSR count). The molecule has 1 saturated heterocycles. The Bertz CT molecular complexity index is 571. The zero-order valence-corrected chi connectivity index (χ0v) is 11.8. The van der Waals surface area contributed by atoms with Gasteiger partial charge >= 0.3 is 6.03 Å². The van der Waals surface area contributed by atoms with Crippen LogP contribution < -0.4 is 5.32 Å². The fourth-order valence-corrected chi connectivity index (χ4v) is 2.38. The van der Waals surface area contributed by atoms with Gasteiger partial charge in [0.25, 0.3) is 0 Å². The maximum atomic E-state index is 13.5. The van der Waals surface area contributed by atoms with Crippen molar-refractivity contribution >= 4 is 11.7 Å². The molecule has 0 unspecified atom stereocenters. The van der Waals surface area contributed by atoms with E-state index < -0.39 is 41.4 Å². The molecule has 122 valence electrons. The van der Waals surface area contributed by atoms with Gasteiger partial charge in [0.2, 0.25) is 0 Å². The van der Waals surface area contributed by atoms with E-state index in [2.05, 4.69) is 5.32 Å². The highest BCUT2D eigenvalue weighted by atomic mass is 19.2. The van der Waals surface area contributed by atoms with Crippen LogP contribution in [0.1, 0.15) is 19.3 Å². The van der Waals surface area contributed by atoms with Crippen molar-refractivity contribution in [3.8, 4) is 0 Å². The largest absolute Gasteiger partial charge is 0.393 e. The van der Waals surface area contributed by atoms with Crippen LogP contribution in [0.15, 0.2) is 12.1 Å². The summed E-state index contributed by atoms with van der Waals surface area (Å²) in [7, 11) is 0. The average Bonchev–Trinajstić information content (AvgIpc) is 2.67. The molecule has 1 atom stereocenters. The molecule has 1 aromatic carbocycles. The minimum atomic E-state index is -1.39. The Balaban J connectivity index is 2.07. The lowest BCUT2D eigenvalue weighted by atomic mass is 9.96. The van der Waals surface area contributed by atoms with Gasteiger partial charge < -0.3 is 20.4 Å². The second-order valence-electron chi connectivity index (χ2n) is 5.40. The van der Waals surface area contributed by atoms with Crippen LogP contribution in [0.2, 0.25) is 0 Å². The third-order valence-corrected chi connectivity index (χ3v) is 3.73. The summed E-state index contributed by atoms with van der Waals surface area (Å²) in [6.07, 6.45) is 0.942. The lowest BCUT2D eigenvalue weighted by Gasteiger charge is -2.24. The van der Waals surface area contributed by atoms with E-state index in [1.165, 1.54) is 4.90 Å². The minimum absolute atomic E-state index is 0.141. The number of hydrogen-bond acceptors (Lipinski definition) is 3. The monoisotopic (exact) mass is 318 g/mol. The van der Waals surface area contributed by atoms with Crippen LogP contribution in [0.3, 0.4) is 0 Å². The number of halogens is 3. The Labute approximate surface area is 125 Å². The zero-order chi connectivity index (χ0) is 16.3. The van der Waals surface area contributed by atoms with Crippen molar-refractivity contribution in [2.24, 2.45) is 0 Å². The normalized spacial score (nSPS) is 22.3. The van der Waals surface area contributed by atoms with Crippen LogP contribution in [0.4, 0.5) is 23.7 Å². The molecule has 5 nitrogen and oxygen atoms in total. The lowest BCUT2D eigenvalue weighted by molar-refractivity contribution is -0.0247. The fraction of sp³-hybridized carbons (Fsp3) is 0.500. The lowest BCUT2D eigenvalue weighted by Crippen LogP contribution is -2.38. The van der Waals surface area contributed by atoms with E-state index >= 15 is 0 Å². The van der Waals surface area contributed by atoms with E-state index in [0.29, 0.717) is 25.0 Å². The number of rotatable bonds is 2. The highest BCUT2D eigenvalue weighted by molar-refractivity contribution is 5.89. The van der Waals surface area contributed by atoms with E-state index in [1.807, 2.05) is 0 Å². The summed E-state index contributed by atoms with van der Waals surface area (Å²) in [5.41, 5.74) is -1.82. The molecule has 1 heterocycles. The molecule has 0 aliphatic carbocycles. The Morgan fingerprint density at radius 2 is 2.00 bits per heavy atom. The summed E-state index contributed by atoms with van der Waals surface area (Å²) >= 11 is 0. The number of urea groups is 1. The third-order valence-electron chi connectivity index (χ3n) is 3.73. The number of likely N-dealkylation sites (tertiary alicyclic amines) is 1. The van der Waals surface area contributed by atoms with E-state index in [4.69, 9.17) is 5.11 Å². The molecule has 0 bridgehead atoms. The van der Waals surface area contributed by atoms with Gasteiger partial charge in [0.15, 0.2) is 11.6 Å². The SMILES string of the molecule is O=C(Nc1cc(F)cc(F)c1F)N1CCC[C@@](O)(CO)CC1. The van der Waals surface area contributed by atoms with Gasteiger partial charge in [-0.05, 0) is 19.3 Å².